The molecule has 0 spiro atoms. The van der Waals surface area contributed by atoms with Crippen molar-refractivity contribution in [2.24, 2.45) is 0 Å². The van der Waals surface area contributed by atoms with E-state index in [-0.39, 0.29) is 29.5 Å². The first kappa shape index (κ1) is 10.7. The van der Waals surface area contributed by atoms with Gasteiger partial charge in [0.15, 0.2) is 0 Å². The van der Waals surface area contributed by atoms with E-state index in [2.05, 4.69) is 19.6 Å². The quantitative estimate of drug-likeness (QED) is 0.524. The Morgan fingerprint density at radius 2 is 0.667 bits per heavy atom. The Morgan fingerprint density at radius 1 is 0.500 bits per heavy atom. The van der Waals surface area contributed by atoms with Gasteiger partial charge in [0.05, 0.1) is 40.0 Å². The van der Waals surface area contributed by atoms with Gasteiger partial charge in [-0.1, -0.05) is 0 Å². The van der Waals surface area contributed by atoms with Gasteiger partial charge in [0, 0.05) is 17.1 Å². The maximum Gasteiger partial charge on any atom is 0.0555 e. The van der Waals surface area contributed by atoms with Crippen LogP contribution >= 0.6 is 12.4 Å². The molecule has 0 N–H and O–H groups in total. The van der Waals surface area contributed by atoms with Crippen molar-refractivity contribution in [3.05, 3.63) is 0 Å². The molecular formula is C6H13ClCuN4. The zero-order valence-corrected chi connectivity index (χ0v) is 8.50. The van der Waals surface area contributed by atoms with E-state index in [1.54, 1.807) is 0 Å². The van der Waals surface area contributed by atoms with Crippen molar-refractivity contribution < 1.29 is 17.1 Å². The first-order chi connectivity index (χ1) is 4.90. The van der Waals surface area contributed by atoms with E-state index in [1.165, 1.54) is 40.0 Å². The Morgan fingerprint density at radius 3 is 0.833 bits per heavy atom. The Bertz CT molecular complexity index is 111. The standard InChI is InChI=1S/C6H12N4.ClH.Cu/c1-7-2-9-4-8(1)5-10(3-7)6-9;;/h1-6H2;1H;. The molecule has 0 atom stereocenters. The van der Waals surface area contributed by atoms with Crippen molar-refractivity contribution >= 4 is 12.4 Å². The van der Waals surface area contributed by atoms with Crippen molar-refractivity contribution in [1.29, 1.82) is 0 Å². The molecule has 1 radical (unpaired) electrons. The van der Waals surface area contributed by atoms with Crippen molar-refractivity contribution in [3.8, 4) is 0 Å². The van der Waals surface area contributed by atoms with Crippen LogP contribution in [-0.4, -0.2) is 59.6 Å². The molecule has 6 heteroatoms. The maximum absolute atomic E-state index is 2.47. The fraction of sp³-hybridized carbons (Fsp3) is 1.00. The van der Waals surface area contributed by atoms with E-state index in [9.17, 15) is 0 Å². The molecule has 0 amide bonds. The van der Waals surface area contributed by atoms with Crippen LogP contribution in [-0.2, 0) is 17.1 Å². The summed E-state index contributed by atoms with van der Waals surface area (Å²) in [6, 6.07) is 0. The van der Waals surface area contributed by atoms with Gasteiger partial charge in [-0.3, -0.25) is 19.6 Å². The van der Waals surface area contributed by atoms with Gasteiger partial charge >= 0.3 is 0 Å². The third kappa shape index (κ3) is 1.63. The van der Waals surface area contributed by atoms with Gasteiger partial charge in [-0.05, 0) is 0 Å². The monoisotopic (exact) mass is 239 g/mol. The summed E-state index contributed by atoms with van der Waals surface area (Å²) in [6.45, 7) is 7.12. The largest absolute Gasteiger partial charge is 0.264 e. The van der Waals surface area contributed by atoms with Crippen LogP contribution in [0.3, 0.4) is 0 Å². The Balaban J connectivity index is 0.000000360. The van der Waals surface area contributed by atoms with Crippen molar-refractivity contribution in [2.45, 2.75) is 0 Å². The van der Waals surface area contributed by atoms with Crippen LogP contribution < -0.4 is 0 Å². The zero-order chi connectivity index (χ0) is 6.55. The third-order valence-corrected chi connectivity index (χ3v) is 2.40. The van der Waals surface area contributed by atoms with Crippen LogP contribution in [0.2, 0.25) is 0 Å². The number of hydrogen-bond donors (Lipinski definition) is 0. The maximum atomic E-state index is 2.47. The minimum absolute atomic E-state index is 0. The second kappa shape index (κ2) is 3.80. The van der Waals surface area contributed by atoms with Crippen molar-refractivity contribution in [1.82, 2.24) is 19.6 Å². The summed E-state index contributed by atoms with van der Waals surface area (Å²) in [7, 11) is 0. The fourth-order valence-corrected chi connectivity index (χ4v) is 2.23. The first-order valence-corrected chi connectivity index (χ1v) is 3.79. The minimum Gasteiger partial charge on any atom is -0.264 e. The van der Waals surface area contributed by atoms with Crippen LogP contribution in [0.4, 0.5) is 0 Å². The van der Waals surface area contributed by atoms with Gasteiger partial charge in [-0.25, -0.2) is 0 Å². The molecular weight excluding hydrogens is 227 g/mol. The van der Waals surface area contributed by atoms with Crippen molar-refractivity contribution in [2.75, 3.05) is 40.0 Å². The molecule has 0 aromatic carbocycles. The average Bonchev–Trinajstić information content (AvgIpc) is 1.82. The number of halogens is 1. The van der Waals surface area contributed by atoms with Gasteiger partial charge in [0.25, 0.3) is 0 Å². The molecule has 12 heavy (non-hydrogen) atoms. The SMILES string of the molecule is C1N2CN3CN1CN(C2)C3.Cl.[Cu]. The molecule has 0 aromatic rings. The molecule has 0 unspecified atom stereocenters. The van der Waals surface area contributed by atoms with Crippen LogP contribution in [0.1, 0.15) is 0 Å². The van der Waals surface area contributed by atoms with E-state index in [0.717, 1.165) is 0 Å². The predicted octanol–water partition coefficient (Wildman–Crippen LogP) is -0.601. The van der Waals surface area contributed by atoms with Gasteiger partial charge in [-0.2, -0.15) is 0 Å². The fourth-order valence-electron chi connectivity index (χ4n) is 2.23. The molecule has 4 aliphatic heterocycles. The van der Waals surface area contributed by atoms with Crippen molar-refractivity contribution in [3.63, 3.8) is 0 Å². The van der Waals surface area contributed by atoms with E-state index in [1.807, 2.05) is 0 Å². The van der Waals surface area contributed by atoms with Gasteiger partial charge in [0.2, 0.25) is 0 Å². The molecule has 4 bridgehead atoms. The van der Waals surface area contributed by atoms with Crippen LogP contribution in [0.5, 0.6) is 0 Å². The van der Waals surface area contributed by atoms with E-state index >= 15 is 0 Å². The molecule has 4 fully saturated rings. The summed E-state index contributed by atoms with van der Waals surface area (Å²) in [5, 5.41) is 0. The molecule has 4 nitrogen and oxygen atoms in total. The summed E-state index contributed by atoms with van der Waals surface area (Å²) in [5.74, 6) is 0. The van der Waals surface area contributed by atoms with E-state index < -0.39 is 0 Å². The average molecular weight is 240 g/mol. The molecule has 0 aliphatic carbocycles. The number of rotatable bonds is 0. The van der Waals surface area contributed by atoms with E-state index in [0.29, 0.717) is 0 Å². The Labute approximate surface area is 89.3 Å². The first-order valence-electron chi connectivity index (χ1n) is 3.79. The third-order valence-electron chi connectivity index (χ3n) is 2.40. The summed E-state index contributed by atoms with van der Waals surface area (Å²) in [5.41, 5.74) is 0. The summed E-state index contributed by atoms with van der Waals surface area (Å²) < 4.78 is 0. The molecule has 0 saturated carbocycles. The number of hydrogen-bond acceptors (Lipinski definition) is 4. The molecule has 4 rings (SSSR count). The van der Waals surface area contributed by atoms with Gasteiger partial charge in [0.1, 0.15) is 0 Å². The Hall–Kier alpha value is 0.649. The molecule has 75 valence electrons. The molecule has 4 heterocycles. The second-order valence-corrected chi connectivity index (χ2v) is 3.53. The van der Waals surface area contributed by atoms with Gasteiger partial charge < -0.3 is 0 Å². The van der Waals surface area contributed by atoms with Crippen LogP contribution in [0.25, 0.3) is 0 Å². The zero-order valence-electron chi connectivity index (χ0n) is 6.74. The van der Waals surface area contributed by atoms with E-state index in [4.69, 9.17) is 0 Å². The number of nitrogens with zero attached hydrogens (tertiary/aromatic N) is 4. The second-order valence-electron chi connectivity index (χ2n) is 3.53. The predicted molar refractivity (Wildman–Crippen MR) is 43.8 cm³/mol. The smallest absolute Gasteiger partial charge is 0.0555 e. The van der Waals surface area contributed by atoms with Gasteiger partial charge in [-0.15, -0.1) is 12.4 Å². The molecule has 0 aromatic heterocycles. The topological polar surface area (TPSA) is 13.0 Å². The minimum atomic E-state index is 0. The summed E-state index contributed by atoms with van der Waals surface area (Å²) in [6.07, 6.45) is 0. The molecule has 4 aliphatic rings. The van der Waals surface area contributed by atoms with Crippen LogP contribution in [0.15, 0.2) is 0 Å². The van der Waals surface area contributed by atoms with Crippen LogP contribution in [0, 0.1) is 0 Å². The Kier molecular flexibility index (Phi) is 3.40. The summed E-state index contributed by atoms with van der Waals surface area (Å²) in [4.78, 5) is 9.88. The summed E-state index contributed by atoms with van der Waals surface area (Å²) >= 11 is 0. The normalized spacial score (nSPS) is 48.0. The molecule has 4 saturated heterocycles.